The Kier molecular flexibility index (Phi) is 8.14. The van der Waals surface area contributed by atoms with Crippen LogP contribution in [0.5, 0.6) is 0 Å². The summed E-state index contributed by atoms with van der Waals surface area (Å²) >= 11 is 0. The van der Waals surface area contributed by atoms with Gasteiger partial charge in [-0.2, -0.15) is 0 Å². The summed E-state index contributed by atoms with van der Waals surface area (Å²) in [4.78, 5) is 0. The lowest BCUT2D eigenvalue weighted by molar-refractivity contribution is 0.112. The van der Waals surface area contributed by atoms with Crippen molar-refractivity contribution in [2.45, 2.75) is 33.1 Å². The van der Waals surface area contributed by atoms with Crippen molar-refractivity contribution in [3.05, 3.63) is 0 Å². The first-order valence-corrected chi connectivity index (χ1v) is 5.55. The van der Waals surface area contributed by atoms with Crippen LogP contribution in [-0.4, -0.2) is 38.5 Å². The first-order chi connectivity index (χ1) is 6.74. The molecule has 0 saturated heterocycles. The molecule has 0 aromatic carbocycles. The van der Waals surface area contributed by atoms with Crippen molar-refractivity contribution in [2.75, 3.05) is 33.4 Å². The molecule has 0 saturated carbocycles. The average molecular weight is 203 g/mol. The molecule has 0 spiro atoms. The standard InChI is InChI=1S/C11H25NO2/c1-4-11(5-2,10-13)9-12-7-6-8-14-3/h12-13H,4-10H2,1-3H3. The molecule has 0 unspecified atom stereocenters. The van der Waals surface area contributed by atoms with E-state index in [-0.39, 0.29) is 12.0 Å². The van der Waals surface area contributed by atoms with Gasteiger partial charge in [-0.15, -0.1) is 0 Å². The lowest BCUT2D eigenvalue weighted by atomic mass is 9.83. The molecule has 3 heteroatoms. The molecule has 0 aromatic rings. The summed E-state index contributed by atoms with van der Waals surface area (Å²) in [6.45, 7) is 7.22. The number of aliphatic hydroxyl groups excluding tert-OH is 1. The second kappa shape index (κ2) is 8.21. The van der Waals surface area contributed by atoms with Crippen LogP contribution in [0.1, 0.15) is 33.1 Å². The van der Waals surface area contributed by atoms with Gasteiger partial charge in [0.15, 0.2) is 0 Å². The predicted octanol–water partition coefficient (Wildman–Crippen LogP) is 1.41. The number of nitrogens with one attached hydrogen (secondary N) is 1. The third-order valence-corrected chi connectivity index (χ3v) is 3.04. The third kappa shape index (κ3) is 4.94. The summed E-state index contributed by atoms with van der Waals surface area (Å²) in [6, 6.07) is 0. The van der Waals surface area contributed by atoms with Crippen LogP contribution in [0.15, 0.2) is 0 Å². The van der Waals surface area contributed by atoms with Crippen LogP contribution in [0.3, 0.4) is 0 Å². The minimum atomic E-state index is 0.0765. The van der Waals surface area contributed by atoms with E-state index in [9.17, 15) is 5.11 Å². The Balaban J connectivity index is 3.61. The van der Waals surface area contributed by atoms with E-state index in [1.165, 1.54) is 0 Å². The molecule has 0 radical (unpaired) electrons. The zero-order chi connectivity index (χ0) is 10.9. The molecule has 86 valence electrons. The molecule has 0 heterocycles. The van der Waals surface area contributed by atoms with Gasteiger partial charge in [-0.1, -0.05) is 13.8 Å². The van der Waals surface area contributed by atoms with Crippen molar-refractivity contribution in [1.82, 2.24) is 5.32 Å². The predicted molar refractivity (Wildman–Crippen MR) is 59.5 cm³/mol. The Morgan fingerprint density at radius 1 is 1.29 bits per heavy atom. The van der Waals surface area contributed by atoms with Gasteiger partial charge in [-0.3, -0.25) is 0 Å². The fourth-order valence-corrected chi connectivity index (χ4v) is 1.47. The highest BCUT2D eigenvalue weighted by Gasteiger charge is 2.24. The van der Waals surface area contributed by atoms with Crippen LogP contribution in [0.4, 0.5) is 0 Å². The minimum absolute atomic E-state index is 0.0765. The van der Waals surface area contributed by atoms with Crippen molar-refractivity contribution in [2.24, 2.45) is 5.41 Å². The van der Waals surface area contributed by atoms with Crippen molar-refractivity contribution in [3.8, 4) is 0 Å². The highest BCUT2D eigenvalue weighted by Crippen LogP contribution is 2.24. The van der Waals surface area contributed by atoms with Gasteiger partial charge in [-0.05, 0) is 25.8 Å². The van der Waals surface area contributed by atoms with E-state index in [1.807, 2.05) is 0 Å². The van der Waals surface area contributed by atoms with Crippen LogP contribution in [-0.2, 0) is 4.74 Å². The largest absolute Gasteiger partial charge is 0.396 e. The first kappa shape index (κ1) is 13.9. The van der Waals surface area contributed by atoms with Gasteiger partial charge in [0.25, 0.3) is 0 Å². The molecule has 0 aliphatic rings. The monoisotopic (exact) mass is 203 g/mol. The fourth-order valence-electron chi connectivity index (χ4n) is 1.47. The van der Waals surface area contributed by atoms with E-state index in [4.69, 9.17) is 4.74 Å². The second-order valence-electron chi connectivity index (χ2n) is 3.89. The van der Waals surface area contributed by atoms with Gasteiger partial charge >= 0.3 is 0 Å². The van der Waals surface area contributed by atoms with Crippen LogP contribution in [0, 0.1) is 5.41 Å². The fraction of sp³-hybridized carbons (Fsp3) is 1.00. The van der Waals surface area contributed by atoms with Crippen LogP contribution < -0.4 is 5.32 Å². The normalized spacial score (nSPS) is 12.0. The summed E-state index contributed by atoms with van der Waals surface area (Å²) < 4.78 is 4.96. The molecule has 0 atom stereocenters. The molecule has 0 fully saturated rings. The Hall–Kier alpha value is -0.120. The van der Waals surface area contributed by atoms with E-state index in [1.54, 1.807) is 7.11 Å². The highest BCUT2D eigenvalue weighted by atomic mass is 16.5. The zero-order valence-electron chi connectivity index (χ0n) is 9.81. The van der Waals surface area contributed by atoms with E-state index in [2.05, 4.69) is 19.2 Å². The summed E-state index contributed by atoms with van der Waals surface area (Å²) in [5, 5.41) is 12.7. The van der Waals surface area contributed by atoms with Crippen molar-refractivity contribution >= 4 is 0 Å². The van der Waals surface area contributed by atoms with Crippen molar-refractivity contribution in [3.63, 3.8) is 0 Å². The zero-order valence-corrected chi connectivity index (χ0v) is 9.81. The molecule has 0 aromatic heterocycles. The molecule has 0 bridgehead atoms. The van der Waals surface area contributed by atoms with Crippen molar-refractivity contribution < 1.29 is 9.84 Å². The van der Waals surface area contributed by atoms with Gasteiger partial charge in [0.1, 0.15) is 0 Å². The summed E-state index contributed by atoms with van der Waals surface area (Å²) in [6.07, 6.45) is 3.08. The minimum Gasteiger partial charge on any atom is -0.396 e. The Morgan fingerprint density at radius 3 is 2.36 bits per heavy atom. The number of hydrogen-bond donors (Lipinski definition) is 2. The number of aliphatic hydroxyl groups is 1. The molecule has 0 aliphatic carbocycles. The highest BCUT2D eigenvalue weighted by molar-refractivity contribution is 4.77. The maximum Gasteiger partial charge on any atom is 0.0499 e. The molecule has 3 nitrogen and oxygen atoms in total. The van der Waals surface area contributed by atoms with Gasteiger partial charge in [0.05, 0.1) is 0 Å². The number of hydrogen-bond acceptors (Lipinski definition) is 3. The summed E-state index contributed by atoms with van der Waals surface area (Å²) in [5.74, 6) is 0. The number of rotatable bonds is 9. The second-order valence-corrected chi connectivity index (χ2v) is 3.89. The Bertz CT molecular complexity index is 116. The topological polar surface area (TPSA) is 41.5 Å². The molecule has 0 aliphatic heterocycles. The average Bonchev–Trinajstić information content (AvgIpc) is 2.24. The number of ether oxygens (including phenoxy) is 1. The lowest BCUT2D eigenvalue weighted by Gasteiger charge is -2.29. The number of methoxy groups -OCH3 is 1. The molecule has 14 heavy (non-hydrogen) atoms. The van der Waals surface area contributed by atoms with E-state index in [0.29, 0.717) is 0 Å². The SMILES string of the molecule is CCC(CC)(CO)CNCCCOC. The summed E-state index contributed by atoms with van der Waals surface area (Å²) in [5.41, 5.74) is 0.0765. The molecule has 2 N–H and O–H groups in total. The molecule has 0 rings (SSSR count). The first-order valence-electron chi connectivity index (χ1n) is 5.55. The molecular weight excluding hydrogens is 178 g/mol. The molecular formula is C11H25NO2. The van der Waals surface area contributed by atoms with E-state index < -0.39 is 0 Å². The van der Waals surface area contributed by atoms with Crippen LogP contribution in [0.2, 0.25) is 0 Å². The van der Waals surface area contributed by atoms with Gasteiger partial charge < -0.3 is 15.2 Å². The van der Waals surface area contributed by atoms with Crippen LogP contribution >= 0.6 is 0 Å². The van der Waals surface area contributed by atoms with Gasteiger partial charge in [0.2, 0.25) is 0 Å². The smallest absolute Gasteiger partial charge is 0.0499 e. The van der Waals surface area contributed by atoms with Gasteiger partial charge in [-0.25, -0.2) is 0 Å². The Labute approximate surface area is 87.8 Å². The van der Waals surface area contributed by atoms with E-state index in [0.717, 1.165) is 39.0 Å². The van der Waals surface area contributed by atoms with E-state index >= 15 is 0 Å². The lowest BCUT2D eigenvalue weighted by Crippen LogP contribution is -2.37. The van der Waals surface area contributed by atoms with Crippen molar-refractivity contribution in [1.29, 1.82) is 0 Å². The maximum atomic E-state index is 9.31. The quantitative estimate of drug-likeness (QED) is 0.557. The Morgan fingerprint density at radius 2 is 1.93 bits per heavy atom. The van der Waals surface area contributed by atoms with Gasteiger partial charge in [0, 0.05) is 32.3 Å². The third-order valence-electron chi connectivity index (χ3n) is 3.04. The summed E-state index contributed by atoms with van der Waals surface area (Å²) in [7, 11) is 1.72. The maximum absolute atomic E-state index is 9.31. The molecule has 0 amide bonds. The van der Waals surface area contributed by atoms with Crippen LogP contribution in [0.25, 0.3) is 0 Å².